The van der Waals surface area contributed by atoms with Crippen LogP contribution in [0.3, 0.4) is 0 Å². The highest BCUT2D eigenvalue weighted by atomic mass is 79.9. The molecule has 6 heteroatoms. The van der Waals surface area contributed by atoms with Gasteiger partial charge in [0.1, 0.15) is 0 Å². The van der Waals surface area contributed by atoms with Gasteiger partial charge in [-0.15, -0.1) is 10.2 Å². The van der Waals surface area contributed by atoms with Crippen molar-refractivity contribution in [1.29, 1.82) is 0 Å². The lowest BCUT2D eigenvalue weighted by atomic mass is 10.1. The number of anilines is 1. The second-order valence-corrected chi connectivity index (χ2v) is 7.13. The van der Waals surface area contributed by atoms with Crippen LogP contribution < -0.4 is 5.32 Å². The maximum absolute atomic E-state index is 12.3. The Hall–Kier alpha value is -3.25. The van der Waals surface area contributed by atoms with E-state index in [4.69, 9.17) is 4.42 Å². The van der Waals surface area contributed by atoms with E-state index in [0.717, 1.165) is 21.2 Å². The fourth-order valence-corrected chi connectivity index (χ4v) is 3.02. The van der Waals surface area contributed by atoms with E-state index >= 15 is 0 Å². The Balaban J connectivity index is 1.48. The van der Waals surface area contributed by atoms with Crippen molar-refractivity contribution < 1.29 is 9.21 Å². The van der Waals surface area contributed by atoms with Crippen LogP contribution in [-0.2, 0) is 11.2 Å². The number of nitrogens with zero attached hydrogens (tertiary/aromatic N) is 2. The van der Waals surface area contributed by atoms with E-state index < -0.39 is 0 Å². The molecular formula is C22H16BrN3O2. The highest BCUT2D eigenvalue weighted by Gasteiger charge is 2.11. The van der Waals surface area contributed by atoms with Gasteiger partial charge < -0.3 is 9.73 Å². The van der Waals surface area contributed by atoms with Gasteiger partial charge in [-0.25, -0.2) is 0 Å². The Morgan fingerprint density at radius 2 is 1.54 bits per heavy atom. The molecule has 0 unspecified atom stereocenters. The molecule has 0 radical (unpaired) electrons. The molecule has 1 amide bonds. The molecular weight excluding hydrogens is 418 g/mol. The van der Waals surface area contributed by atoms with E-state index in [1.54, 1.807) is 0 Å². The molecule has 0 atom stereocenters. The minimum Gasteiger partial charge on any atom is -0.416 e. The standard InChI is InChI=1S/C22H16BrN3O2/c23-18-11-9-15(10-12-18)13-20(27)24-19-8-4-7-17(14-19)22-26-25-21(28-22)16-5-2-1-3-6-16/h1-12,14H,13H2,(H,24,27). The highest BCUT2D eigenvalue weighted by Crippen LogP contribution is 2.25. The maximum atomic E-state index is 12.3. The number of rotatable bonds is 5. The Bertz CT molecular complexity index is 1090. The van der Waals surface area contributed by atoms with Crippen LogP contribution in [-0.4, -0.2) is 16.1 Å². The van der Waals surface area contributed by atoms with Crippen LogP contribution in [0.25, 0.3) is 22.9 Å². The number of nitrogens with one attached hydrogen (secondary N) is 1. The molecule has 0 bridgehead atoms. The molecule has 0 aliphatic heterocycles. The largest absolute Gasteiger partial charge is 0.416 e. The second kappa shape index (κ2) is 8.19. The quantitative estimate of drug-likeness (QED) is 0.460. The van der Waals surface area contributed by atoms with Gasteiger partial charge in [0.2, 0.25) is 17.7 Å². The summed E-state index contributed by atoms with van der Waals surface area (Å²) in [5.74, 6) is 0.776. The van der Waals surface area contributed by atoms with E-state index in [1.165, 1.54) is 0 Å². The number of hydrogen-bond donors (Lipinski definition) is 1. The van der Waals surface area contributed by atoms with E-state index in [-0.39, 0.29) is 5.91 Å². The lowest BCUT2D eigenvalue weighted by molar-refractivity contribution is -0.115. The Kier molecular flexibility index (Phi) is 5.30. The Morgan fingerprint density at radius 3 is 2.29 bits per heavy atom. The monoisotopic (exact) mass is 433 g/mol. The molecule has 4 aromatic rings. The van der Waals surface area contributed by atoms with Crippen LogP contribution in [0.15, 0.2) is 87.8 Å². The molecule has 0 spiro atoms. The first-order valence-corrected chi connectivity index (χ1v) is 9.50. The predicted octanol–water partition coefficient (Wildman–Crippen LogP) is 5.35. The summed E-state index contributed by atoms with van der Waals surface area (Å²) in [5.41, 5.74) is 3.23. The van der Waals surface area contributed by atoms with Crippen molar-refractivity contribution in [1.82, 2.24) is 10.2 Å². The van der Waals surface area contributed by atoms with E-state index in [0.29, 0.717) is 23.9 Å². The first-order chi connectivity index (χ1) is 13.7. The molecule has 1 aromatic heterocycles. The number of hydrogen-bond acceptors (Lipinski definition) is 4. The zero-order valence-electron chi connectivity index (χ0n) is 14.8. The van der Waals surface area contributed by atoms with Crippen LogP contribution >= 0.6 is 15.9 Å². The first kappa shape index (κ1) is 18.1. The molecule has 1 heterocycles. The molecule has 0 saturated heterocycles. The number of benzene rings is 3. The zero-order chi connectivity index (χ0) is 19.3. The summed E-state index contributed by atoms with van der Waals surface area (Å²) in [7, 11) is 0. The SMILES string of the molecule is O=C(Cc1ccc(Br)cc1)Nc1cccc(-c2nnc(-c3ccccc3)o2)c1. The molecule has 0 aliphatic rings. The summed E-state index contributed by atoms with van der Waals surface area (Å²) in [6.07, 6.45) is 0.302. The summed E-state index contributed by atoms with van der Waals surface area (Å²) in [6, 6.07) is 24.6. The lowest BCUT2D eigenvalue weighted by Crippen LogP contribution is -2.14. The van der Waals surface area contributed by atoms with Gasteiger partial charge in [-0.3, -0.25) is 4.79 Å². The molecule has 0 saturated carbocycles. The van der Waals surface area contributed by atoms with Crippen molar-refractivity contribution >= 4 is 27.5 Å². The number of halogens is 1. The minimum atomic E-state index is -0.0880. The van der Waals surface area contributed by atoms with Gasteiger partial charge in [0.15, 0.2) is 0 Å². The van der Waals surface area contributed by atoms with E-state index in [1.807, 2.05) is 78.9 Å². The average molecular weight is 434 g/mol. The van der Waals surface area contributed by atoms with Crippen LogP contribution in [0, 0.1) is 0 Å². The molecule has 138 valence electrons. The van der Waals surface area contributed by atoms with E-state index in [9.17, 15) is 4.79 Å². The fourth-order valence-electron chi connectivity index (χ4n) is 2.76. The fraction of sp³-hybridized carbons (Fsp3) is 0.0455. The van der Waals surface area contributed by atoms with Gasteiger partial charge in [-0.1, -0.05) is 52.3 Å². The van der Waals surface area contributed by atoms with Crippen molar-refractivity contribution in [3.05, 3.63) is 88.9 Å². The van der Waals surface area contributed by atoms with Crippen LogP contribution in [0.5, 0.6) is 0 Å². The van der Waals surface area contributed by atoms with Crippen LogP contribution in [0.1, 0.15) is 5.56 Å². The van der Waals surface area contributed by atoms with Crippen molar-refractivity contribution in [2.24, 2.45) is 0 Å². The first-order valence-electron chi connectivity index (χ1n) is 8.71. The van der Waals surface area contributed by atoms with Gasteiger partial charge >= 0.3 is 0 Å². The third kappa shape index (κ3) is 4.35. The maximum Gasteiger partial charge on any atom is 0.248 e. The average Bonchev–Trinajstić information content (AvgIpc) is 3.21. The normalized spacial score (nSPS) is 10.6. The van der Waals surface area contributed by atoms with Crippen molar-refractivity contribution in [3.8, 4) is 22.9 Å². The molecule has 3 aromatic carbocycles. The third-order valence-corrected chi connectivity index (χ3v) is 4.65. The van der Waals surface area contributed by atoms with E-state index in [2.05, 4.69) is 31.4 Å². The van der Waals surface area contributed by atoms with Gasteiger partial charge in [0, 0.05) is 21.3 Å². The van der Waals surface area contributed by atoms with Crippen LogP contribution in [0.4, 0.5) is 5.69 Å². The number of carbonyl (C=O) groups is 1. The molecule has 0 fully saturated rings. The van der Waals surface area contributed by atoms with Crippen molar-refractivity contribution in [3.63, 3.8) is 0 Å². The third-order valence-electron chi connectivity index (χ3n) is 4.12. The number of carbonyl (C=O) groups excluding carboxylic acids is 1. The molecule has 1 N–H and O–H groups in total. The smallest absolute Gasteiger partial charge is 0.248 e. The molecule has 5 nitrogen and oxygen atoms in total. The van der Waals surface area contributed by atoms with Crippen molar-refractivity contribution in [2.45, 2.75) is 6.42 Å². The summed E-state index contributed by atoms with van der Waals surface area (Å²) < 4.78 is 6.77. The van der Waals surface area contributed by atoms with Gasteiger partial charge in [0.25, 0.3) is 0 Å². The number of aromatic nitrogens is 2. The molecule has 4 rings (SSSR count). The summed E-state index contributed by atoms with van der Waals surface area (Å²) in [4.78, 5) is 12.3. The zero-order valence-corrected chi connectivity index (χ0v) is 16.4. The number of amides is 1. The Morgan fingerprint density at radius 1 is 0.857 bits per heavy atom. The Labute approximate surface area is 170 Å². The second-order valence-electron chi connectivity index (χ2n) is 6.21. The summed E-state index contributed by atoms with van der Waals surface area (Å²) in [5, 5.41) is 11.1. The summed E-state index contributed by atoms with van der Waals surface area (Å²) in [6.45, 7) is 0. The van der Waals surface area contributed by atoms with Crippen LogP contribution in [0.2, 0.25) is 0 Å². The van der Waals surface area contributed by atoms with Gasteiger partial charge in [0.05, 0.1) is 6.42 Å². The molecule has 28 heavy (non-hydrogen) atoms. The lowest BCUT2D eigenvalue weighted by Gasteiger charge is -2.06. The predicted molar refractivity (Wildman–Crippen MR) is 112 cm³/mol. The van der Waals surface area contributed by atoms with Gasteiger partial charge in [-0.05, 0) is 48.0 Å². The molecule has 0 aliphatic carbocycles. The summed E-state index contributed by atoms with van der Waals surface area (Å²) >= 11 is 3.39. The highest BCUT2D eigenvalue weighted by molar-refractivity contribution is 9.10. The van der Waals surface area contributed by atoms with Crippen molar-refractivity contribution in [2.75, 3.05) is 5.32 Å². The van der Waals surface area contributed by atoms with Gasteiger partial charge in [-0.2, -0.15) is 0 Å². The minimum absolute atomic E-state index is 0.0880. The topological polar surface area (TPSA) is 68.0 Å².